The summed E-state index contributed by atoms with van der Waals surface area (Å²) >= 11 is 0. The van der Waals surface area contributed by atoms with Gasteiger partial charge in [0, 0.05) is 7.05 Å². The van der Waals surface area contributed by atoms with Gasteiger partial charge in [0.15, 0.2) is 0 Å². The highest BCUT2D eigenvalue weighted by atomic mass is 32.2. The molecule has 0 aromatic heterocycles. The Balaban J connectivity index is 2.48. The van der Waals surface area contributed by atoms with E-state index >= 15 is 0 Å². The number of nitrogens with one attached hydrogen (secondary N) is 2. The lowest BCUT2D eigenvalue weighted by molar-refractivity contribution is 0.601. The van der Waals surface area contributed by atoms with Crippen molar-refractivity contribution in [3.8, 4) is 6.07 Å². The van der Waals surface area contributed by atoms with Gasteiger partial charge in [0.1, 0.15) is 11.0 Å². The van der Waals surface area contributed by atoms with Crippen molar-refractivity contribution in [2.45, 2.75) is 11.8 Å². The second-order valence-corrected chi connectivity index (χ2v) is 6.11. The molecule has 0 amide bonds. The van der Waals surface area contributed by atoms with Crippen molar-refractivity contribution in [2.75, 3.05) is 17.1 Å². The maximum Gasteiger partial charge on any atom is 0.263 e. The van der Waals surface area contributed by atoms with E-state index in [0.717, 1.165) is 5.56 Å². The van der Waals surface area contributed by atoms with Crippen LogP contribution < -0.4 is 10.0 Å². The van der Waals surface area contributed by atoms with Crippen LogP contribution in [-0.4, -0.2) is 15.5 Å². The number of benzene rings is 2. The molecule has 6 heteroatoms. The van der Waals surface area contributed by atoms with Crippen LogP contribution in [-0.2, 0) is 10.0 Å². The zero-order valence-electron chi connectivity index (χ0n) is 11.7. The molecule has 0 spiro atoms. The zero-order valence-corrected chi connectivity index (χ0v) is 12.5. The summed E-state index contributed by atoms with van der Waals surface area (Å²) in [7, 11) is -2.11. The highest BCUT2D eigenvalue weighted by molar-refractivity contribution is 7.92. The minimum atomic E-state index is -3.77. The number of hydrogen-bond donors (Lipinski definition) is 2. The van der Waals surface area contributed by atoms with Gasteiger partial charge in [0.25, 0.3) is 10.0 Å². The molecule has 2 N–H and O–H groups in total. The van der Waals surface area contributed by atoms with Crippen LogP contribution in [0, 0.1) is 18.3 Å². The van der Waals surface area contributed by atoms with Gasteiger partial charge in [-0.2, -0.15) is 5.26 Å². The van der Waals surface area contributed by atoms with Crippen molar-refractivity contribution in [3.05, 3.63) is 53.6 Å². The van der Waals surface area contributed by atoms with Crippen LogP contribution in [0.15, 0.2) is 47.4 Å². The fraction of sp³-hybridized carbons (Fsp3) is 0.133. The quantitative estimate of drug-likeness (QED) is 0.909. The van der Waals surface area contributed by atoms with E-state index in [-0.39, 0.29) is 10.6 Å². The van der Waals surface area contributed by atoms with Crippen LogP contribution in [0.2, 0.25) is 0 Å². The molecular weight excluding hydrogens is 286 g/mol. The van der Waals surface area contributed by atoms with Crippen LogP contribution in [0.4, 0.5) is 11.4 Å². The summed E-state index contributed by atoms with van der Waals surface area (Å²) in [4.78, 5) is 0.137. The summed E-state index contributed by atoms with van der Waals surface area (Å²) in [5.41, 5.74) is 1.82. The Morgan fingerprint density at radius 1 is 1.05 bits per heavy atom. The third kappa shape index (κ3) is 2.98. The smallest absolute Gasteiger partial charge is 0.263 e. The van der Waals surface area contributed by atoms with Gasteiger partial charge < -0.3 is 5.32 Å². The second-order valence-electron chi connectivity index (χ2n) is 4.46. The summed E-state index contributed by atoms with van der Waals surface area (Å²) in [6.07, 6.45) is 0. The van der Waals surface area contributed by atoms with Crippen LogP contribution >= 0.6 is 0 Å². The van der Waals surface area contributed by atoms with Gasteiger partial charge in [-0.25, -0.2) is 8.42 Å². The van der Waals surface area contributed by atoms with Crippen molar-refractivity contribution >= 4 is 21.4 Å². The zero-order chi connectivity index (χ0) is 15.5. The number of rotatable bonds is 4. The predicted octanol–water partition coefficient (Wildman–Crippen LogP) is 2.71. The molecule has 0 saturated heterocycles. The van der Waals surface area contributed by atoms with Crippen molar-refractivity contribution in [2.24, 2.45) is 0 Å². The normalized spacial score (nSPS) is 10.7. The molecule has 0 saturated carbocycles. The number of aryl methyl sites for hydroxylation is 1. The number of nitrogens with zero attached hydrogens (tertiary/aromatic N) is 1. The van der Waals surface area contributed by atoms with Gasteiger partial charge in [0.2, 0.25) is 0 Å². The Morgan fingerprint density at radius 2 is 1.71 bits per heavy atom. The number of para-hydroxylation sites is 1. The molecule has 2 aromatic carbocycles. The third-order valence-corrected chi connectivity index (χ3v) is 4.50. The van der Waals surface area contributed by atoms with E-state index in [4.69, 9.17) is 0 Å². The molecule has 0 aliphatic heterocycles. The first-order chi connectivity index (χ1) is 9.99. The molecule has 0 heterocycles. The van der Waals surface area contributed by atoms with Gasteiger partial charge in [-0.05, 0) is 30.7 Å². The minimum Gasteiger partial charge on any atom is -0.387 e. The summed E-state index contributed by atoms with van der Waals surface area (Å²) in [5.74, 6) is 0. The predicted molar refractivity (Wildman–Crippen MR) is 82.7 cm³/mol. The van der Waals surface area contributed by atoms with E-state index in [2.05, 4.69) is 10.0 Å². The van der Waals surface area contributed by atoms with Crippen LogP contribution in [0.5, 0.6) is 0 Å². The monoisotopic (exact) mass is 301 g/mol. The Labute approximate surface area is 124 Å². The SMILES string of the molecule is CNc1ccccc1S(=O)(=O)Nc1cccc(C)c1C#N. The number of anilines is 2. The lowest BCUT2D eigenvalue weighted by Gasteiger charge is -2.13. The molecular formula is C15H15N3O2S. The molecule has 2 aromatic rings. The molecule has 5 nitrogen and oxygen atoms in total. The van der Waals surface area contributed by atoms with Crippen molar-refractivity contribution in [1.29, 1.82) is 5.26 Å². The van der Waals surface area contributed by atoms with Gasteiger partial charge in [0.05, 0.1) is 16.9 Å². The molecule has 0 radical (unpaired) electrons. The number of hydrogen-bond acceptors (Lipinski definition) is 4. The van der Waals surface area contributed by atoms with Gasteiger partial charge >= 0.3 is 0 Å². The topological polar surface area (TPSA) is 82.0 Å². The second kappa shape index (κ2) is 5.85. The minimum absolute atomic E-state index is 0.137. The maximum absolute atomic E-state index is 12.5. The van der Waals surface area contributed by atoms with Gasteiger partial charge in [-0.3, -0.25) is 4.72 Å². The number of sulfonamides is 1. The largest absolute Gasteiger partial charge is 0.387 e. The molecule has 0 bridgehead atoms. The summed E-state index contributed by atoms with van der Waals surface area (Å²) < 4.78 is 27.5. The summed E-state index contributed by atoms with van der Waals surface area (Å²) in [6, 6.07) is 13.7. The Kier molecular flexibility index (Phi) is 4.15. The average molecular weight is 301 g/mol. The van der Waals surface area contributed by atoms with E-state index in [1.807, 2.05) is 6.07 Å². The molecule has 0 aliphatic rings. The summed E-state index contributed by atoms with van der Waals surface area (Å²) in [6.45, 7) is 1.76. The molecule has 0 unspecified atom stereocenters. The van der Waals surface area contributed by atoms with Crippen molar-refractivity contribution in [1.82, 2.24) is 0 Å². The van der Waals surface area contributed by atoms with E-state index in [1.165, 1.54) is 6.07 Å². The Hall–Kier alpha value is -2.52. The molecule has 108 valence electrons. The van der Waals surface area contributed by atoms with Crippen LogP contribution in [0.3, 0.4) is 0 Å². The average Bonchev–Trinajstić information content (AvgIpc) is 2.47. The maximum atomic E-state index is 12.5. The number of nitriles is 1. The first kappa shape index (κ1) is 14.9. The van der Waals surface area contributed by atoms with E-state index in [0.29, 0.717) is 11.3 Å². The Morgan fingerprint density at radius 3 is 2.38 bits per heavy atom. The molecule has 0 fully saturated rings. The molecule has 0 atom stereocenters. The molecule has 2 rings (SSSR count). The first-order valence-corrected chi connectivity index (χ1v) is 7.77. The highest BCUT2D eigenvalue weighted by Crippen LogP contribution is 2.25. The highest BCUT2D eigenvalue weighted by Gasteiger charge is 2.19. The van der Waals surface area contributed by atoms with Crippen molar-refractivity contribution in [3.63, 3.8) is 0 Å². The molecule has 21 heavy (non-hydrogen) atoms. The van der Waals surface area contributed by atoms with Gasteiger partial charge in [-0.1, -0.05) is 24.3 Å². The Bertz CT molecular complexity index is 808. The first-order valence-electron chi connectivity index (χ1n) is 6.29. The fourth-order valence-electron chi connectivity index (χ4n) is 2.01. The van der Waals surface area contributed by atoms with E-state index in [1.54, 1.807) is 50.4 Å². The molecule has 0 aliphatic carbocycles. The van der Waals surface area contributed by atoms with E-state index < -0.39 is 10.0 Å². The fourth-order valence-corrected chi connectivity index (χ4v) is 3.30. The summed E-state index contributed by atoms with van der Waals surface area (Å²) in [5, 5.41) is 12.0. The third-order valence-electron chi connectivity index (χ3n) is 3.07. The lowest BCUT2D eigenvalue weighted by atomic mass is 10.1. The van der Waals surface area contributed by atoms with Crippen LogP contribution in [0.1, 0.15) is 11.1 Å². The van der Waals surface area contributed by atoms with E-state index in [9.17, 15) is 13.7 Å². The lowest BCUT2D eigenvalue weighted by Crippen LogP contribution is -2.15. The standard InChI is InChI=1S/C15H15N3O2S/c1-11-6-5-8-13(12(11)10-16)18-21(19,20)15-9-4-3-7-14(15)17-2/h3-9,17-18H,1-2H3. The van der Waals surface area contributed by atoms with Crippen molar-refractivity contribution < 1.29 is 8.42 Å². The van der Waals surface area contributed by atoms with Crippen LogP contribution in [0.25, 0.3) is 0 Å². The van der Waals surface area contributed by atoms with Gasteiger partial charge in [-0.15, -0.1) is 0 Å².